The van der Waals surface area contributed by atoms with E-state index in [4.69, 9.17) is 9.47 Å². The highest BCUT2D eigenvalue weighted by molar-refractivity contribution is 5.75. The van der Waals surface area contributed by atoms with Crippen molar-refractivity contribution in [2.45, 2.75) is 102 Å². The van der Waals surface area contributed by atoms with Crippen LogP contribution in [0, 0.1) is 23.7 Å². The molecule has 0 radical (unpaired) electrons. The summed E-state index contributed by atoms with van der Waals surface area (Å²) in [5.41, 5.74) is 6.83. The summed E-state index contributed by atoms with van der Waals surface area (Å²) < 4.78 is 13.6. The first-order valence-electron chi connectivity index (χ1n) is 20.3. The minimum absolute atomic E-state index is 0.00672. The van der Waals surface area contributed by atoms with Gasteiger partial charge in [-0.15, -0.1) is 0 Å². The number of likely N-dealkylation sites (N-methyl/N-ethyl adjacent to an activating group) is 1. The molecule has 5 aliphatic rings. The molecule has 0 aromatic heterocycles. The van der Waals surface area contributed by atoms with Gasteiger partial charge in [-0.05, 0) is 116 Å². The molecule has 6 atom stereocenters. The summed E-state index contributed by atoms with van der Waals surface area (Å²) in [5.74, 6) is 2.36. The number of nitrogens with zero attached hydrogens (tertiary/aromatic N) is 1. The molecule has 2 amide bonds. The number of carbonyl (C=O) groups excluding carboxylic acids is 1. The van der Waals surface area contributed by atoms with Crippen LogP contribution < -0.4 is 10.6 Å². The van der Waals surface area contributed by atoms with E-state index in [-0.39, 0.29) is 42.3 Å². The standard InChI is InChI=1S/C47H57N3O5/c1-30-42(28-50(3)31(2)43(52)37-10-5-4-6-11-37)54-45(55-44(30)38-17-15-32(29-51)16-18-38)41-14-8-13-40(23-41)39-12-7-9-33(22-39)27-48-46(53)49-47-24-34-19-35(25-47)21-36(20-34)26-47/h4-18,22-23,30-31,34-36,42-45,51-52H,19-21,24-29H2,1-3H3,(H2,48,49,53)/t30-,31-,34?,35?,36?,42+,43-,44+,45+,47?/m1/s1. The molecule has 1 saturated heterocycles. The minimum Gasteiger partial charge on any atom is -0.392 e. The summed E-state index contributed by atoms with van der Waals surface area (Å²) in [6.07, 6.45) is 5.76. The van der Waals surface area contributed by atoms with Crippen molar-refractivity contribution in [3.63, 3.8) is 0 Å². The SMILES string of the molecule is C[C@@H]1[C@H](CN(C)[C@H](C)[C@@H](O)c2ccccc2)O[C@H](c2cccc(-c3cccc(CNC(=O)NC45CC6CC(CC(C6)C4)C5)c3)c2)O[C@@H]1c1ccc(CO)cc1. The lowest BCUT2D eigenvalue weighted by molar-refractivity contribution is -0.276. The zero-order valence-electron chi connectivity index (χ0n) is 32.4. The number of ether oxygens (including phenoxy) is 2. The Kier molecular flexibility index (Phi) is 11.2. The third-order valence-electron chi connectivity index (χ3n) is 13.2. The van der Waals surface area contributed by atoms with Crippen LogP contribution in [0.4, 0.5) is 4.79 Å². The van der Waals surface area contributed by atoms with Gasteiger partial charge >= 0.3 is 6.03 Å². The molecule has 4 aromatic rings. The zero-order valence-corrected chi connectivity index (χ0v) is 32.4. The fraction of sp³-hybridized carbons (Fsp3) is 0.468. The number of aliphatic hydroxyl groups is 2. The molecule has 4 aromatic carbocycles. The van der Waals surface area contributed by atoms with Gasteiger partial charge in [-0.1, -0.05) is 97.9 Å². The molecule has 1 aliphatic heterocycles. The summed E-state index contributed by atoms with van der Waals surface area (Å²) in [5, 5.41) is 27.5. The van der Waals surface area contributed by atoms with Crippen LogP contribution in [0.15, 0.2) is 103 Å². The highest BCUT2D eigenvalue weighted by Crippen LogP contribution is 2.55. The second-order valence-electron chi connectivity index (χ2n) is 17.2. The highest BCUT2D eigenvalue weighted by atomic mass is 16.7. The summed E-state index contributed by atoms with van der Waals surface area (Å²) in [4.78, 5) is 15.4. The minimum atomic E-state index is -0.641. The third kappa shape index (κ3) is 8.40. The maximum absolute atomic E-state index is 13.2. The van der Waals surface area contributed by atoms with E-state index in [0.29, 0.717) is 13.1 Å². The first-order chi connectivity index (χ1) is 26.6. The molecule has 4 saturated carbocycles. The van der Waals surface area contributed by atoms with E-state index >= 15 is 0 Å². The van der Waals surface area contributed by atoms with E-state index in [0.717, 1.165) is 76.0 Å². The van der Waals surface area contributed by atoms with E-state index in [9.17, 15) is 15.0 Å². The van der Waals surface area contributed by atoms with Crippen molar-refractivity contribution in [2.24, 2.45) is 23.7 Å². The van der Waals surface area contributed by atoms with Crippen molar-refractivity contribution in [2.75, 3.05) is 13.6 Å². The van der Waals surface area contributed by atoms with E-state index < -0.39 is 12.4 Å². The van der Waals surface area contributed by atoms with Crippen molar-refractivity contribution >= 4 is 6.03 Å². The Hall–Kier alpha value is -4.05. The normalized spacial score (nSPS) is 29.5. The molecule has 0 unspecified atom stereocenters. The molecule has 5 fully saturated rings. The van der Waals surface area contributed by atoms with Gasteiger partial charge in [-0.3, -0.25) is 4.90 Å². The quantitative estimate of drug-likeness (QED) is 0.116. The molecule has 0 spiro atoms. The Bertz CT molecular complexity index is 1880. The summed E-state index contributed by atoms with van der Waals surface area (Å²) >= 11 is 0. The Labute approximate surface area is 326 Å². The lowest BCUT2D eigenvalue weighted by atomic mass is 9.53. The van der Waals surface area contributed by atoms with Crippen LogP contribution in [0.1, 0.15) is 98.7 Å². The number of amides is 2. The lowest BCUT2D eigenvalue weighted by Crippen LogP contribution is -2.61. The molecule has 55 heavy (non-hydrogen) atoms. The van der Waals surface area contributed by atoms with Crippen LogP contribution in [0.25, 0.3) is 11.1 Å². The Morgan fingerprint density at radius 3 is 2.15 bits per heavy atom. The van der Waals surface area contributed by atoms with Crippen LogP contribution >= 0.6 is 0 Å². The lowest BCUT2D eigenvalue weighted by Gasteiger charge is -2.56. The molecule has 4 aliphatic carbocycles. The number of hydrogen-bond donors (Lipinski definition) is 4. The second-order valence-corrected chi connectivity index (χ2v) is 17.2. The van der Waals surface area contributed by atoms with Gasteiger partial charge in [-0.25, -0.2) is 4.79 Å². The van der Waals surface area contributed by atoms with Crippen molar-refractivity contribution < 1.29 is 24.5 Å². The number of rotatable bonds is 12. The molecule has 4 N–H and O–H groups in total. The van der Waals surface area contributed by atoms with Gasteiger partial charge in [0.25, 0.3) is 0 Å². The number of benzene rings is 4. The summed E-state index contributed by atoms with van der Waals surface area (Å²) in [6.45, 7) is 5.26. The monoisotopic (exact) mass is 743 g/mol. The Morgan fingerprint density at radius 1 is 0.818 bits per heavy atom. The van der Waals surface area contributed by atoms with E-state index in [1.165, 1.54) is 19.3 Å². The van der Waals surface area contributed by atoms with Crippen molar-refractivity contribution in [3.05, 3.63) is 131 Å². The van der Waals surface area contributed by atoms with Crippen molar-refractivity contribution in [1.82, 2.24) is 15.5 Å². The number of nitrogens with one attached hydrogen (secondary N) is 2. The van der Waals surface area contributed by atoms with Gasteiger partial charge in [0.05, 0.1) is 24.9 Å². The predicted molar refractivity (Wildman–Crippen MR) is 215 cm³/mol. The third-order valence-corrected chi connectivity index (χ3v) is 13.2. The maximum Gasteiger partial charge on any atom is 0.315 e. The fourth-order valence-corrected chi connectivity index (χ4v) is 10.4. The molecule has 1 heterocycles. The average Bonchev–Trinajstić information content (AvgIpc) is 3.20. The van der Waals surface area contributed by atoms with Crippen LogP contribution in [-0.4, -0.2) is 52.4 Å². The summed E-state index contributed by atoms with van der Waals surface area (Å²) in [7, 11) is 2.04. The first kappa shape index (κ1) is 37.9. The topological polar surface area (TPSA) is 103 Å². The smallest absolute Gasteiger partial charge is 0.315 e. The largest absolute Gasteiger partial charge is 0.392 e. The van der Waals surface area contributed by atoms with Gasteiger partial charge in [0.2, 0.25) is 0 Å². The first-order valence-corrected chi connectivity index (χ1v) is 20.3. The van der Waals surface area contributed by atoms with E-state index in [1.54, 1.807) is 0 Å². The van der Waals surface area contributed by atoms with Crippen molar-refractivity contribution in [3.8, 4) is 11.1 Å². The van der Waals surface area contributed by atoms with Gasteiger partial charge in [0, 0.05) is 36.2 Å². The number of hydrogen-bond acceptors (Lipinski definition) is 6. The Morgan fingerprint density at radius 2 is 1.47 bits per heavy atom. The fourth-order valence-electron chi connectivity index (χ4n) is 10.4. The molecule has 8 nitrogen and oxygen atoms in total. The van der Waals surface area contributed by atoms with E-state index in [2.05, 4.69) is 58.9 Å². The van der Waals surface area contributed by atoms with Gasteiger partial charge < -0.3 is 30.3 Å². The molecular formula is C47H57N3O5. The number of carbonyl (C=O) groups is 1. The molecule has 4 bridgehead atoms. The molecule has 290 valence electrons. The second kappa shape index (κ2) is 16.2. The number of aliphatic hydroxyl groups excluding tert-OH is 2. The number of urea groups is 1. The van der Waals surface area contributed by atoms with Crippen LogP contribution in [0.3, 0.4) is 0 Å². The predicted octanol–water partition coefficient (Wildman–Crippen LogP) is 8.46. The molecular weight excluding hydrogens is 687 g/mol. The summed E-state index contributed by atoms with van der Waals surface area (Å²) in [6, 6.07) is 34.3. The van der Waals surface area contributed by atoms with Crippen LogP contribution in [0.5, 0.6) is 0 Å². The molecule has 8 heteroatoms. The molecule has 9 rings (SSSR count). The van der Waals surface area contributed by atoms with Gasteiger partial charge in [0.1, 0.15) is 0 Å². The zero-order chi connectivity index (χ0) is 38.1. The van der Waals surface area contributed by atoms with Gasteiger partial charge in [-0.2, -0.15) is 0 Å². The highest BCUT2D eigenvalue weighted by Gasteiger charge is 2.51. The average molecular weight is 744 g/mol. The van der Waals surface area contributed by atoms with Gasteiger partial charge in [0.15, 0.2) is 6.29 Å². The maximum atomic E-state index is 13.2. The van der Waals surface area contributed by atoms with E-state index in [1.807, 2.05) is 80.7 Å². The van der Waals surface area contributed by atoms with Crippen molar-refractivity contribution in [1.29, 1.82) is 0 Å². The Balaban J connectivity index is 0.972. The van der Waals surface area contributed by atoms with Crippen LogP contribution in [-0.2, 0) is 22.6 Å². The van der Waals surface area contributed by atoms with Crippen LogP contribution in [0.2, 0.25) is 0 Å².